The molecule has 80 valence electrons. The fourth-order valence-electron chi connectivity index (χ4n) is 1.16. The summed E-state index contributed by atoms with van der Waals surface area (Å²) in [7, 11) is 0. The first-order chi connectivity index (χ1) is 6.77. The number of rotatable bonds is 6. The quantitative estimate of drug-likeness (QED) is 0.649. The van der Waals surface area contributed by atoms with Crippen LogP contribution < -0.4 is 5.32 Å². The topological polar surface area (TPSA) is 65.4 Å². The molecule has 0 amide bonds. The maximum atomic E-state index is 9.17. The minimum Gasteiger partial charge on any atom is -0.394 e. The third-order valence-corrected chi connectivity index (χ3v) is 2.86. The lowest BCUT2D eigenvalue weighted by atomic mass is 10.2. The average molecular weight is 216 g/mol. The molecule has 4 nitrogen and oxygen atoms in total. The molecular weight excluding hydrogens is 200 g/mol. The summed E-state index contributed by atoms with van der Waals surface area (Å²) in [4.78, 5) is 4.20. The molecule has 1 aromatic rings. The van der Waals surface area contributed by atoms with Crippen molar-refractivity contribution in [2.24, 2.45) is 0 Å². The van der Waals surface area contributed by atoms with Crippen molar-refractivity contribution >= 4 is 11.3 Å². The molecule has 5 heteroatoms. The molecule has 0 aliphatic heterocycles. The van der Waals surface area contributed by atoms with Gasteiger partial charge in [-0.3, -0.25) is 0 Å². The van der Waals surface area contributed by atoms with Crippen LogP contribution in [0.15, 0.2) is 11.6 Å². The molecule has 0 aliphatic rings. The molecule has 0 radical (unpaired) electrons. The van der Waals surface area contributed by atoms with Crippen LogP contribution in [-0.2, 0) is 0 Å². The first-order valence-electron chi connectivity index (χ1n) is 4.69. The van der Waals surface area contributed by atoms with E-state index in [4.69, 9.17) is 5.11 Å². The largest absolute Gasteiger partial charge is 0.394 e. The van der Waals surface area contributed by atoms with E-state index in [2.05, 4.69) is 17.2 Å². The van der Waals surface area contributed by atoms with Crippen LogP contribution in [-0.4, -0.2) is 34.5 Å². The van der Waals surface area contributed by atoms with Crippen LogP contribution in [0.1, 0.15) is 24.4 Å². The highest BCUT2D eigenvalue weighted by Gasteiger charge is 2.12. The summed E-state index contributed by atoms with van der Waals surface area (Å²) in [6.45, 7) is 2.25. The Morgan fingerprint density at radius 2 is 2.43 bits per heavy atom. The fraction of sp³-hybridized carbons (Fsp3) is 0.667. The molecule has 0 spiro atoms. The molecule has 0 aromatic carbocycles. The second kappa shape index (κ2) is 6.08. The summed E-state index contributed by atoms with van der Waals surface area (Å²) in [6, 6.07) is 0.177. The Morgan fingerprint density at radius 1 is 1.64 bits per heavy atom. The first-order valence-corrected chi connectivity index (χ1v) is 5.57. The summed E-state index contributed by atoms with van der Waals surface area (Å²) < 4.78 is 0. The van der Waals surface area contributed by atoms with Crippen LogP contribution in [0.4, 0.5) is 0 Å². The number of nitrogens with zero attached hydrogens (tertiary/aromatic N) is 1. The van der Waals surface area contributed by atoms with E-state index in [1.807, 2.05) is 5.38 Å². The highest BCUT2D eigenvalue weighted by atomic mass is 32.1. The summed E-state index contributed by atoms with van der Waals surface area (Å²) in [5, 5.41) is 23.9. The second-order valence-electron chi connectivity index (χ2n) is 3.08. The predicted octanol–water partition coefficient (Wildman–Crippen LogP) is 0.537. The second-order valence-corrected chi connectivity index (χ2v) is 4.00. The molecule has 14 heavy (non-hydrogen) atoms. The molecule has 0 saturated heterocycles. The maximum absolute atomic E-state index is 9.17. The SMILES string of the molecule is CCC(NC[C@H](O)CO)c1nccs1. The third-order valence-electron chi connectivity index (χ3n) is 1.97. The lowest BCUT2D eigenvalue weighted by Gasteiger charge is -2.16. The van der Waals surface area contributed by atoms with Gasteiger partial charge >= 0.3 is 0 Å². The van der Waals surface area contributed by atoms with Crippen molar-refractivity contribution in [3.63, 3.8) is 0 Å². The molecule has 0 saturated carbocycles. The van der Waals surface area contributed by atoms with Crippen molar-refractivity contribution in [1.29, 1.82) is 0 Å². The van der Waals surface area contributed by atoms with Gasteiger partial charge in [-0.2, -0.15) is 0 Å². The number of aromatic nitrogens is 1. The van der Waals surface area contributed by atoms with Gasteiger partial charge in [-0.15, -0.1) is 11.3 Å². The molecule has 0 fully saturated rings. The average Bonchev–Trinajstić information content (AvgIpc) is 2.72. The minimum absolute atomic E-state index is 0.177. The molecule has 0 bridgehead atoms. The van der Waals surface area contributed by atoms with Gasteiger partial charge in [0.15, 0.2) is 0 Å². The monoisotopic (exact) mass is 216 g/mol. The Balaban J connectivity index is 2.40. The van der Waals surface area contributed by atoms with Gasteiger partial charge in [-0.05, 0) is 6.42 Å². The van der Waals surface area contributed by atoms with Crippen molar-refractivity contribution in [3.05, 3.63) is 16.6 Å². The Hall–Kier alpha value is -0.490. The van der Waals surface area contributed by atoms with Crippen LogP contribution in [0.25, 0.3) is 0 Å². The fourth-order valence-corrected chi connectivity index (χ4v) is 1.95. The van der Waals surface area contributed by atoms with E-state index < -0.39 is 6.10 Å². The molecule has 3 N–H and O–H groups in total. The van der Waals surface area contributed by atoms with Crippen molar-refractivity contribution in [3.8, 4) is 0 Å². The van der Waals surface area contributed by atoms with Crippen molar-refractivity contribution in [1.82, 2.24) is 10.3 Å². The molecular formula is C9H16N2O2S. The normalized spacial score (nSPS) is 15.4. The summed E-state index contributed by atoms with van der Waals surface area (Å²) in [5.74, 6) is 0. The summed E-state index contributed by atoms with van der Waals surface area (Å²) in [5.41, 5.74) is 0. The van der Waals surface area contributed by atoms with Gasteiger partial charge in [0.1, 0.15) is 5.01 Å². The van der Waals surface area contributed by atoms with Crippen LogP contribution in [0, 0.1) is 0 Å². The van der Waals surface area contributed by atoms with Crippen molar-refractivity contribution in [2.45, 2.75) is 25.5 Å². The van der Waals surface area contributed by atoms with Gasteiger partial charge in [0.05, 0.1) is 18.8 Å². The molecule has 1 unspecified atom stereocenters. The molecule has 2 atom stereocenters. The van der Waals surface area contributed by atoms with Gasteiger partial charge < -0.3 is 15.5 Å². The maximum Gasteiger partial charge on any atom is 0.109 e. The molecule has 1 rings (SSSR count). The third kappa shape index (κ3) is 3.34. The van der Waals surface area contributed by atoms with E-state index in [1.54, 1.807) is 17.5 Å². The Labute approximate surface area is 87.6 Å². The number of hydrogen-bond acceptors (Lipinski definition) is 5. The van der Waals surface area contributed by atoms with E-state index in [0.29, 0.717) is 6.54 Å². The van der Waals surface area contributed by atoms with Gasteiger partial charge in [0, 0.05) is 18.1 Å². The van der Waals surface area contributed by atoms with E-state index in [0.717, 1.165) is 11.4 Å². The molecule has 1 heterocycles. The lowest BCUT2D eigenvalue weighted by Crippen LogP contribution is -2.32. The zero-order valence-electron chi connectivity index (χ0n) is 8.18. The van der Waals surface area contributed by atoms with Gasteiger partial charge in [-0.1, -0.05) is 6.92 Å². The van der Waals surface area contributed by atoms with Crippen LogP contribution in [0.2, 0.25) is 0 Å². The first kappa shape index (κ1) is 11.6. The number of thiazole rings is 1. The van der Waals surface area contributed by atoms with E-state index in [1.165, 1.54) is 0 Å². The molecule has 1 aromatic heterocycles. The smallest absolute Gasteiger partial charge is 0.109 e. The van der Waals surface area contributed by atoms with Gasteiger partial charge in [-0.25, -0.2) is 4.98 Å². The summed E-state index contributed by atoms with van der Waals surface area (Å²) in [6.07, 6.45) is 2.00. The Bertz CT molecular complexity index is 241. The van der Waals surface area contributed by atoms with Crippen LogP contribution >= 0.6 is 11.3 Å². The highest BCUT2D eigenvalue weighted by molar-refractivity contribution is 7.09. The highest BCUT2D eigenvalue weighted by Crippen LogP contribution is 2.18. The van der Waals surface area contributed by atoms with Gasteiger partial charge in [0.25, 0.3) is 0 Å². The lowest BCUT2D eigenvalue weighted by molar-refractivity contribution is 0.0917. The predicted molar refractivity (Wildman–Crippen MR) is 56.2 cm³/mol. The summed E-state index contributed by atoms with van der Waals surface area (Å²) >= 11 is 1.60. The Kier molecular flexibility index (Phi) is 5.03. The minimum atomic E-state index is -0.691. The van der Waals surface area contributed by atoms with E-state index in [-0.39, 0.29) is 12.6 Å². The number of nitrogens with one attached hydrogen (secondary N) is 1. The van der Waals surface area contributed by atoms with Crippen LogP contribution in [0.3, 0.4) is 0 Å². The zero-order valence-corrected chi connectivity index (χ0v) is 9.00. The standard InChI is InChI=1S/C9H16N2O2S/c1-2-8(9-10-3-4-14-9)11-5-7(13)6-12/h3-4,7-8,11-13H,2,5-6H2,1H3/t7-,8?/m0/s1. The van der Waals surface area contributed by atoms with Crippen LogP contribution in [0.5, 0.6) is 0 Å². The number of hydrogen-bond donors (Lipinski definition) is 3. The molecule has 0 aliphatic carbocycles. The Morgan fingerprint density at radius 3 is 2.93 bits per heavy atom. The van der Waals surface area contributed by atoms with E-state index in [9.17, 15) is 5.11 Å². The number of aliphatic hydroxyl groups excluding tert-OH is 2. The zero-order chi connectivity index (χ0) is 10.4. The van der Waals surface area contributed by atoms with E-state index >= 15 is 0 Å². The van der Waals surface area contributed by atoms with Crippen molar-refractivity contribution in [2.75, 3.05) is 13.2 Å². The van der Waals surface area contributed by atoms with Crippen molar-refractivity contribution < 1.29 is 10.2 Å². The van der Waals surface area contributed by atoms with Gasteiger partial charge in [0.2, 0.25) is 0 Å². The number of aliphatic hydroxyl groups is 2.